The van der Waals surface area contributed by atoms with E-state index in [-0.39, 0.29) is 0 Å². The van der Waals surface area contributed by atoms with Crippen LogP contribution >= 0.6 is 11.6 Å². The van der Waals surface area contributed by atoms with Crippen LogP contribution in [0.15, 0.2) is 18.2 Å². The minimum absolute atomic E-state index is 0.707. The van der Waals surface area contributed by atoms with Crippen LogP contribution in [0.1, 0.15) is 25.7 Å². The molecule has 0 saturated heterocycles. The molecule has 0 bridgehead atoms. The molecule has 0 heterocycles. The van der Waals surface area contributed by atoms with E-state index < -0.39 is 0 Å². The average molecular weight is 273 g/mol. The Balaban J connectivity index is 2.36. The number of alkyl halides is 1. The predicted molar refractivity (Wildman–Crippen MR) is 74.2 cm³/mol. The molecule has 0 aliphatic heterocycles. The summed E-state index contributed by atoms with van der Waals surface area (Å²) in [6.07, 6.45) is 4.42. The number of methoxy groups -OCH3 is 2. The Bertz CT molecular complexity index is 320. The molecule has 0 saturated carbocycles. The van der Waals surface area contributed by atoms with Crippen molar-refractivity contribution in [3.63, 3.8) is 0 Å². The summed E-state index contributed by atoms with van der Waals surface area (Å²) in [5.74, 6) is 3.01. The lowest BCUT2D eigenvalue weighted by Gasteiger charge is -2.10. The molecule has 1 aromatic rings. The van der Waals surface area contributed by atoms with E-state index in [0.717, 1.165) is 48.8 Å². The molecule has 1 rings (SSSR count). The molecule has 1 aromatic carbocycles. The topological polar surface area (TPSA) is 27.7 Å². The SMILES string of the molecule is COc1cc(OC)cc(OCCCCCCCl)c1. The van der Waals surface area contributed by atoms with E-state index in [0.29, 0.717) is 6.61 Å². The van der Waals surface area contributed by atoms with Crippen molar-refractivity contribution in [1.29, 1.82) is 0 Å². The van der Waals surface area contributed by atoms with Crippen LogP contribution in [-0.4, -0.2) is 26.7 Å². The zero-order valence-electron chi connectivity index (χ0n) is 11.1. The highest BCUT2D eigenvalue weighted by atomic mass is 35.5. The second-order valence-corrected chi connectivity index (χ2v) is 4.38. The maximum atomic E-state index is 5.68. The van der Waals surface area contributed by atoms with E-state index in [4.69, 9.17) is 25.8 Å². The van der Waals surface area contributed by atoms with Gasteiger partial charge in [0.2, 0.25) is 0 Å². The van der Waals surface area contributed by atoms with Crippen LogP contribution in [0.3, 0.4) is 0 Å². The Hall–Kier alpha value is -1.09. The van der Waals surface area contributed by atoms with Crippen molar-refractivity contribution in [3.05, 3.63) is 18.2 Å². The van der Waals surface area contributed by atoms with Crippen LogP contribution in [0, 0.1) is 0 Å². The average Bonchev–Trinajstić information content (AvgIpc) is 2.42. The van der Waals surface area contributed by atoms with Gasteiger partial charge >= 0.3 is 0 Å². The molecular weight excluding hydrogens is 252 g/mol. The first kappa shape index (κ1) is 15.0. The summed E-state index contributed by atoms with van der Waals surface area (Å²) in [6.45, 7) is 0.707. The van der Waals surface area contributed by atoms with Crippen molar-refractivity contribution >= 4 is 11.6 Å². The monoisotopic (exact) mass is 272 g/mol. The third-order valence-electron chi connectivity index (χ3n) is 2.62. The van der Waals surface area contributed by atoms with Crippen molar-refractivity contribution in [2.75, 3.05) is 26.7 Å². The van der Waals surface area contributed by atoms with Gasteiger partial charge in [0.05, 0.1) is 20.8 Å². The van der Waals surface area contributed by atoms with Gasteiger partial charge in [0.25, 0.3) is 0 Å². The smallest absolute Gasteiger partial charge is 0.126 e. The summed E-state index contributed by atoms with van der Waals surface area (Å²) in [5.41, 5.74) is 0. The molecule has 4 heteroatoms. The molecule has 102 valence electrons. The highest BCUT2D eigenvalue weighted by molar-refractivity contribution is 6.17. The van der Waals surface area contributed by atoms with Crippen LogP contribution in [-0.2, 0) is 0 Å². The zero-order chi connectivity index (χ0) is 13.2. The number of rotatable bonds is 9. The summed E-state index contributed by atoms with van der Waals surface area (Å²) in [7, 11) is 3.26. The van der Waals surface area contributed by atoms with Gasteiger partial charge in [0, 0.05) is 24.1 Å². The highest BCUT2D eigenvalue weighted by Gasteiger charge is 2.02. The van der Waals surface area contributed by atoms with Crippen LogP contribution in [0.4, 0.5) is 0 Å². The molecule has 3 nitrogen and oxygen atoms in total. The van der Waals surface area contributed by atoms with Gasteiger partial charge in [0.1, 0.15) is 17.2 Å². The minimum atomic E-state index is 0.707. The molecule has 0 unspecified atom stereocenters. The molecule has 0 N–H and O–H groups in total. The predicted octanol–water partition coefficient (Wildman–Crippen LogP) is 3.88. The number of benzene rings is 1. The minimum Gasteiger partial charge on any atom is -0.496 e. The van der Waals surface area contributed by atoms with Crippen molar-refractivity contribution in [2.45, 2.75) is 25.7 Å². The van der Waals surface area contributed by atoms with Crippen molar-refractivity contribution in [1.82, 2.24) is 0 Å². The molecule has 0 atom stereocenters. The van der Waals surface area contributed by atoms with Crippen LogP contribution in [0.5, 0.6) is 17.2 Å². The molecule has 18 heavy (non-hydrogen) atoms. The fraction of sp³-hybridized carbons (Fsp3) is 0.571. The molecule has 0 aliphatic rings. The maximum Gasteiger partial charge on any atom is 0.126 e. The second-order valence-electron chi connectivity index (χ2n) is 4.00. The first-order valence-electron chi connectivity index (χ1n) is 6.22. The quantitative estimate of drug-likeness (QED) is 0.504. The molecule has 0 aromatic heterocycles. The fourth-order valence-corrected chi connectivity index (χ4v) is 1.79. The van der Waals surface area contributed by atoms with Gasteiger partial charge in [-0.3, -0.25) is 0 Å². The summed E-state index contributed by atoms with van der Waals surface area (Å²) in [5, 5.41) is 0. The summed E-state index contributed by atoms with van der Waals surface area (Å²) in [6, 6.07) is 5.55. The first-order valence-corrected chi connectivity index (χ1v) is 6.75. The van der Waals surface area contributed by atoms with Gasteiger partial charge in [0.15, 0.2) is 0 Å². The van der Waals surface area contributed by atoms with E-state index >= 15 is 0 Å². The van der Waals surface area contributed by atoms with E-state index in [1.54, 1.807) is 14.2 Å². The summed E-state index contributed by atoms with van der Waals surface area (Å²) in [4.78, 5) is 0. The van der Waals surface area contributed by atoms with E-state index in [1.807, 2.05) is 18.2 Å². The molecule has 0 aliphatic carbocycles. The van der Waals surface area contributed by atoms with E-state index in [2.05, 4.69) is 0 Å². The number of hydrogen-bond donors (Lipinski definition) is 0. The summed E-state index contributed by atoms with van der Waals surface area (Å²) >= 11 is 5.62. The van der Waals surface area contributed by atoms with Crippen LogP contribution in [0.25, 0.3) is 0 Å². The van der Waals surface area contributed by atoms with Gasteiger partial charge < -0.3 is 14.2 Å². The van der Waals surface area contributed by atoms with E-state index in [1.165, 1.54) is 0 Å². The number of ether oxygens (including phenoxy) is 3. The molecular formula is C14H21ClO3. The third-order valence-corrected chi connectivity index (χ3v) is 2.89. The lowest BCUT2D eigenvalue weighted by atomic mass is 10.2. The maximum absolute atomic E-state index is 5.68. The Labute approximate surface area is 114 Å². The fourth-order valence-electron chi connectivity index (χ4n) is 1.60. The number of halogens is 1. The normalized spacial score (nSPS) is 10.2. The standard InChI is InChI=1S/C14H21ClO3/c1-16-12-9-13(17-2)11-14(10-12)18-8-6-4-3-5-7-15/h9-11H,3-8H2,1-2H3. The van der Waals surface area contributed by atoms with Crippen molar-refractivity contribution in [2.24, 2.45) is 0 Å². The van der Waals surface area contributed by atoms with Gasteiger partial charge in [-0.2, -0.15) is 0 Å². The first-order chi connectivity index (χ1) is 8.80. The Morgan fingerprint density at radius 2 is 1.39 bits per heavy atom. The van der Waals surface area contributed by atoms with Crippen molar-refractivity contribution < 1.29 is 14.2 Å². The molecule has 0 radical (unpaired) electrons. The van der Waals surface area contributed by atoms with Gasteiger partial charge in [-0.05, 0) is 12.8 Å². The third kappa shape index (κ3) is 5.50. The Morgan fingerprint density at radius 1 is 0.833 bits per heavy atom. The van der Waals surface area contributed by atoms with Crippen LogP contribution < -0.4 is 14.2 Å². The lowest BCUT2D eigenvalue weighted by molar-refractivity contribution is 0.300. The van der Waals surface area contributed by atoms with Gasteiger partial charge in [-0.15, -0.1) is 11.6 Å². The van der Waals surface area contributed by atoms with E-state index in [9.17, 15) is 0 Å². The van der Waals surface area contributed by atoms with Gasteiger partial charge in [-0.25, -0.2) is 0 Å². The molecule has 0 spiro atoms. The van der Waals surface area contributed by atoms with Crippen molar-refractivity contribution in [3.8, 4) is 17.2 Å². The van der Waals surface area contributed by atoms with Gasteiger partial charge in [-0.1, -0.05) is 12.8 Å². The zero-order valence-corrected chi connectivity index (χ0v) is 11.8. The Morgan fingerprint density at radius 3 is 1.94 bits per heavy atom. The Kier molecular flexibility index (Phi) is 7.42. The lowest BCUT2D eigenvalue weighted by Crippen LogP contribution is -1.98. The second kappa shape index (κ2) is 8.92. The number of hydrogen-bond acceptors (Lipinski definition) is 3. The van der Waals surface area contributed by atoms with Crippen LogP contribution in [0.2, 0.25) is 0 Å². The molecule has 0 fully saturated rings. The largest absolute Gasteiger partial charge is 0.496 e. The molecule has 0 amide bonds. The number of unbranched alkanes of at least 4 members (excludes halogenated alkanes) is 3. The summed E-state index contributed by atoms with van der Waals surface area (Å²) < 4.78 is 16.0. The highest BCUT2D eigenvalue weighted by Crippen LogP contribution is 2.27.